The number of hydrogen-bond acceptors (Lipinski definition) is 6. The molecule has 4 amide bonds. The first kappa shape index (κ1) is 21.9. The van der Waals surface area contributed by atoms with Gasteiger partial charge in [0.25, 0.3) is 11.8 Å². The highest BCUT2D eigenvalue weighted by Crippen LogP contribution is 2.35. The summed E-state index contributed by atoms with van der Waals surface area (Å²) in [5.74, 6) is -1.35. The fourth-order valence-electron chi connectivity index (χ4n) is 4.35. The summed E-state index contributed by atoms with van der Waals surface area (Å²) in [6.45, 7) is 5.43. The highest BCUT2D eigenvalue weighted by atomic mass is 16.5. The molecule has 2 aliphatic rings. The van der Waals surface area contributed by atoms with Gasteiger partial charge in [-0.05, 0) is 56.6 Å². The number of imide groups is 1. The van der Waals surface area contributed by atoms with E-state index < -0.39 is 36.0 Å². The monoisotopic (exact) mass is 441 g/mol. The molecule has 2 fully saturated rings. The summed E-state index contributed by atoms with van der Waals surface area (Å²) in [5, 5.41) is 4.24. The van der Waals surface area contributed by atoms with Crippen LogP contribution in [-0.2, 0) is 25.5 Å². The highest BCUT2D eigenvalue weighted by Gasteiger charge is 2.52. The summed E-state index contributed by atoms with van der Waals surface area (Å²) >= 11 is 0. The number of amides is 4. The third-order valence-electron chi connectivity index (χ3n) is 6.57. The molecule has 1 saturated heterocycles. The van der Waals surface area contributed by atoms with Crippen LogP contribution in [0, 0.1) is 19.8 Å². The van der Waals surface area contributed by atoms with Gasteiger partial charge in [0.1, 0.15) is 11.1 Å². The molecule has 4 rings (SSSR count). The maximum Gasteiger partial charge on any atom is 0.344 e. The minimum absolute atomic E-state index is 0.0623. The van der Waals surface area contributed by atoms with E-state index in [-0.39, 0.29) is 6.42 Å². The van der Waals surface area contributed by atoms with Gasteiger partial charge in [-0.2, -0.15) is 5.01 Å². The van der Waals surface area contributed by atoms with Crippen molar-refractivity contribution in [2.24, 2.45) is 5.92 Å². The molecular formula is C23H27N3O6. The van der Waals surface area contributed by atoms with Crippen LogP contribution in [0.25, 0.3) is 11.0 Å². The van der Waals surface area contributed by atoms with Crippen molar-refractivity contribution in [2.45, 2.75) is 58.4 Å². The summed E-state index contributed by atoms with van der Waals surface area (Å²) in [6, 6.07) is 3.17. The fourth-order valence-corrected chi connectivity index (χ4v) is 4.35. The van der Waals surface area contributed by atoms with Gasteiger partial charge in [-0.3, -0.25) is 19.8 Å². The molecule has 32 heavy (non-hydrogen) atoms. The van der Waals surface area contributed by atoms with E-state index in [9.17, 15) is 19.2 Å². The number of carbonyl (C=O) groups is 4. The number of hydrogen-bond donors (Lipinski definition) is 2. The molecule has 0 unspecified atom stereocenters. The van der Waals surface area contributed by atoms with E-state index >= 15 is 0 Å². The van der Waals surface area contributed by atoms with Crippen LogP contribution in [0.2, 0.25) is 0 Å². The first-order valence-corrected chi connectivity index (χ1v) is 10.8. The van der Waals surface area contributed by atoms with Crippen molar-refractivity contribution in [3.05, 3.63) is 35.1 Å². The average molecular weight is 441 g/mol. The van der Waals surface area contributed by atoms with Crippen LogP contribution in [0.3, 0.4) is 0 Å². The van der Waals surface area contributed by atoms with Crippen LogP contribution in [0.1, 0.15) is 49.3 Å². The zero-order valence-corrected chi connectivity index (χ0v) is 18.4. The third kappa shape index (κ3) is 3.94. The van der Waals surface area contributed by atoms with Gasteiger partial charge in [0.2, 0.25) is 0 Å². The molecule has 0 radical (unpaired) electrons. The molecule has 1 saturated carbocycles. The lowest BCUT2D eigenvalue weighted by atomic mass is 9.77. The van der Waals surface area contributed by atoms with Crippen molar-refractivity contribution >= 4 is 34.8 Å². The van der Waals surface area contributed by atoms with E-state index in [4.69, 9.17) is 9.15 Å². The molecule has 9 nitrogen and oxygen atoms in total. The Hall–Kier alpha value is -3.36. The largest absolute Gasteiger partial charge is 0.464 e. The second kappa shape index (κ2) is 8.29. The number of ether oxygens (including phenoxy) is 1. The molecular weight excluding hydrogens is 414 g/mol. The predicted octanol–water partition coefficient (Wildman–Crippen LogP) is 2.67. The Bertz CT molecular complexity index is 1100. The van der Waals surface area contributed by atoms with Crippen LogP contribution >= 0.6 is 0 Å². The molecule has 9 heteroatoms. The first-order valence-electron chi connectivity index (χ1n) is 10.8. The summed E-state index contributed by atoms with van der Waals surface area (Å²) < 4.78 is 10.6. The Balaban J connectivity index is 1.31. The number of nitrogens with one attached hydrogen (secondary N) is 2. The second-order valence-electron chi connectivity index (χ2n) is 8.85. The molecule has 1 aromatic heterocycles. The molecule has 1 spiro atoms. The number of fused-ring (bicyclic) bond motifs is 1. The Labute approximate surface area is 185 Å². The zero-order chi connectivity index (χ0) is 23.0. The number of urea groups is 1. The molecule has 1 aliphatic carbocycles. The second-order valence-corrected chi connectivity index (χ2v) is 8.85. The average Bonchev–Trinajstić information content (AvgIpc) is 3.26. The van der Waals surface area contributed by atoms with Crippen molar-refractivity contribution in [1.82, 2.24) is 15.8 Å². The van der Waals surface area contributed by atoms with Crippen LogP contribution < -0.4 is 10.7 Å². The number of rotatable bonds is 5. The van der Waals surface area contributed by atoms with Gasteiger partial charge in [0, 0.05) is 10.9 Å². The number of furan rings is 1. The maximum atomic E-state index is 12.8. The van der Waals surface area contributed by atoms with Gasteiger partial charge >= 0.3 is 12.0 Å². The lowest BCUT2D eigenvalue weighted by molar-refractivity contribution is -0.150. The Kier molecular flexibility index (Phi) is 5.66. The van der Waals surface area contributed by atoms with E-state index in [0.717, 1.165) is 34.9 Å². The first-order chi connectivity index (χ1) is 15.2. The number of carbonyl (C=O) groups excluding carboxylic acids is 4. The minimum Gasteiger partial charge on any atom is -0.464 e. The SMILES string of the molecule is Cc1ccc2c(CC(=O)OCC(=O)NN3C(=O)NC4(CCC(C)CC4)C3=O)coc2c1C. The van der Waals surface area contributed by atoms with E-state index in [1.807, 2.05) is 26.0 Å². The summed E-state index contributed by atoms with van der Waals surface area (Å²) in [7, 11) is 0. The summed E-state index contributed by atoms with van der Waals surface area (Å²) in [6.07, 6.45) is 4.18. The molecule has 2 N–H and O–H groups in total. The van der Waals surface area contributed by atoms with Crippen LogP contribution in [0.15, 0.2) is 22.8 Å². The molecule has 1 aromatic carbocycles. The predicted molar refractivity (Wildman–Crippen MR) is 114 cm³/mol. The van der Waals surface area contributed by atoms with Gasteiger partial charge in [-0.25, -0.2) is 4.79 Å². The smallest absolute Gasteiger partial charge is 0.344 e. The van der Waals surface area contributed by atoms with E-state index in [1.54, 1.807) is 0 Å². The lowest BCUT2D eigenvalue weighted by Crippen LogP contribution is -2.52. The quantitative estimate of drug-likeness (QED) is 0.544. The molecule has 2 aromatic rings. The van der Waals surface area contributed by atoms with Crippen molar-refractivity contribution < 1.29 is 28.3 Å². The summed E-state index contributed by atoms with van der Waals surface area (Å²) in [5.41, 5.74) is 4.77. The zero-order valence-electron chi connectivity index (χ0n) is 18.4. The number of hydrazine groups is 1. The number of benzene rings is 1. The molecule has 0 bridgehead atoms. The number of esters is 1. The van der Waals surface area contributed by atoms with Gasteiger partial charge in [0.05, 0.1) is 12.7 Å². The van der Waals surface area contributed by atoms with E-state index in [1.165, 1.54) is 6.26 Å². The van der Waals surface area contributed by atoms with Gasteiger partial charge in [-0.15, -0.1) is 0 Å². The standard InChI is InChI=1S/C23H27N3O6/c1-13-6-8-23(9-7-13)21(29)26(22(30)24-23)25-18(27)12-31-19(28)10-16-11-32-20-15(3)14(2)4-5-17(16)20/h4-5,11,13H,6-10,12H2,1-3H3,(H,24,30)(H,25,27). The minimum atomic E-state index is -0.952. The number of aryl methyl sites for hydroxylation is 2. The number of nitrogens with zero attached hydrogens (tertiary/aromatic N) is 1. The topological polar surface area (TPSA) is 118 Å². The molecule has 2 heterocycles. The van der Waals surface area contributed by atoms with Gasteiger partial charge < -0.3 is 14.5 Å². The van der Waals surface area contributed by atoms with Crippen LogP contribution in [0.5, 0.6) is 0 Å². The van der Waals surface area contributed by atoms with Crippen LogP contribution in [0.4, 0.5) is 4.79 Å². The molecule has 170 valence electrons. The normalized spacial score (nSPS) is 23.0. The summed E-state index contributed by atoms with van der Waals surface area (Å²) in [4.78, 5) is 49.5. The van der Waals surface area contributed by atoms with Crippen molar-refractivity contribution in [1.29, 1.82) is 0 Å². The molecule has 1 aliphatic heterocycles. The van der Waals surface area contributed by atoms with Crippen molar-refractivity contribution in [3.8, 4) is 0 Å². The van der Waals surface area contributed by atoms with Gasteiger partial charge in [-0.1, -0.05) is 19.1 Å². The van der Waals surface area contributed by atoms with Crippen molar-refractivity contribution in [2.75, 3.05) is 6.61 Å². The lowest BCUT2D eigenvalue weighted by Gasteiger charge is -2.33. The molecule has 0 atom stereocenters. The van der Waals surface area contributed by atoms with E-state index in [2.05, 4.69) is 17.7 Å². The highest BCUT2D eigenvalue weighted by molar-refractivity contribution is 6.08. The Morgan fingerprint density at radius 2 is 1.97 bits per heavy atom. The fraction of sp³-hybridized carbons (Fsp3) is 0.478. The van der Waals surface area contributed by atoms with Gasteiger partial charge in [0.15, 0.2) is 6.61 Å². The Morgan fingerprint density at radius 1 is 1.25 bits per heavy atom. The Morgan fingerprint density at radius 3 is 2.69 bits per heavy atom. The van der Waals surface area contributed by atoms with Crippen molar-refractivity contribution in [3.63, 3.8) is 0 Å². The van der Waals surface area contributed by atoms with Crippen LogP contribution in [-0.4, -0.2) is 41.0 Å². The maximum absolute atomic E-state index is 12.8. The third-order valence-corrected chi connectivity index (χ3v) is 6.57. The van der Waals surface area contributed by atoms with E-state index in [0.29, 0.717) is 29.3 Å².